The smallest absolute Gasteiger partial charge is 0.349 e. The third-order valence-corrected chi connectivity index (χ3v) is 16.6. The molecule has 4 N–H and O–H groups in total. The number of carbonyl (C=O) groups is 2. The Labute approximate surface area is 357 Å². The Morgan fingerprint density at radius 1 is 0.582 bits per heavy atom. The molecule has 300 valence electrons. The molecular weight excluding hydrogens is 916 g/mol. The summed E-state index contributed by atoms with van der Waals surface area (Å²) < 4.78 is 25.3. The molecule has 6 fully saturated rings. The highest BCUT2D eigenvalue weighted by atomic mass is 79.9. The minimum absolute atomic E-state index is 0. The number of thiophene rings is 4. The molecule has 11 nitrogen and oxygen atoms in total. The standard InChI is InChI=1S/2C19H22NO4S2.2BrH.H2O/c2*1-20(2)12-9-11(10-13(20)17-16(12)24-17)23-18(21)19(22,14-5-3-7-25-14)15-6-4-8-26-15;;;/h2*3-8,11-13,16-17,22H,9-10H2,1-2H3;2*1H;1H2/q2*+1;;;/p-2/t2*11-,12-,13+,16-,17+;;;. The van der Waals surface area contributed by atoms with Crippen molar-refractivity contribution in [2.75, 3.05) is 28.2 Å². The van der Waals surface area contributed by atoms with Gasteiger partial charge in [-0.1, -0.05) is 24.3 Å². The van der Waals surface area contributed by atoms with Gasteiger partial charge in [-0.25, -0.2) is 9.59 Å². The summed E-state index contributed by atoms with van der Waals surface area (Å²) >= 11 is 5.49. The van der Waals surface area contributed by atoms with E-state index in [1.54, 1.807) is 24.3 Å². The summed E-state index contributed by atoms with van der Waals surface area (Å²) in [5, 5.41) is 30.2. The van der Waals surface area contributed by atoms with E-state index in [9.17, 15) is 19.8 Å². The average Bonchev–Trinajstić information content (AvgIpc) is 3.57. The van der Waals surface area contributed by atoms with E-state index in [0.717, 1.165) is 34.6 Å². The van der Waals surface area contributed by atoms with Crippen LogP contribution in [0.4, 0.5) is 0 Å². The summed E-state index contributed by atoms with van der Waals surface area (Å²) in [6.45, 7) is 0. The topological polar surface area (TPSA) is 150 Å². The van der Waals surface area contributed by atoms with Crippen molar-refractivity contribution in [3.8, 4) is 0 Å². The fourth-order valence-corrected chi connectivity index (χ4v) is 13.1. The average molecular weight is 963 g/mol. The lowest BCUT2D eigenvalue weighted by atomic mass is 9.95. The van der Waals surface area contributed by atoms with E-state index in [1.165, 1.54) is 45.3 Å². The highest BCUT2D eigenvalue weighted by Crippen LogP contribution is 2.53. The van der Waals surface area contributed by atoms with Gasteiger partial charge in [0, 0.05) is 25.7 Å². The van der Waals surface area contributed by atoms with Crippen molar-refractivity contribution >= 4 is 57.3 Å². The lowest BCUT2D eigenvalue weighted by Gasteiger charge is -2.45. The van der Waals surface area contributed by atoms with Crippen molar-refractivity contribution in [2.24, 2.45) is 0 Å². The minimum atomic E-state index is -1.72. The van der Waals surface area contributed by atoms with Gasteiger partial charge in [-0.2, -0.15) is 0 Å². The fourth-order valence-electron chi connectivity index (χ4n) is 9.66. The molecule has 4 bridgehead atoms. The zero-order chi connectivity index (χ0) is 36.2. The molecule has 10 heterocycles. The molecule has 10 rings (SSSR count). The quantitative estimate of drug-likeness (QED) is 0.116. The van der Waals surface area contributed by atoms with E-state index >= 15 is 0 Å². The number of hydrogen-bond donors (Lipinski definition) is 2. The predicted molar refractivity (Wildman–Crippen MR) is 202 cm³/mol. The number of piperidine rings is 2. The fraction of sp³-hybridized carbons (Fsp3) is 0.526. The Hall–Kier alpha value is -1.58. The van der Waals surface area contributed by atoms with Gasteiger partial charge in [0.15, 0.2) is 0 Å². The number of hydrogen-bond acceptors (Lipinski definition) is 12. The van der Waals surface area contributed by atoms with Crippen LogP contribution in [0.15, 0.2) is 70.1 Å². The molecule has 10 atom stereocenters. The molecule has 0 aromatic carbocycles. The van der Waals surface area contributed by atoms with Crippen LogP contribution >= 0.6 is 45.3 Å². The number of rotatable bonds is 8. The highest BCUT2D eigenvalue weighted by Gasteiger charge is 2.72. The van der Waals surface area contributed by atoms with Gasteiger partial charge in [0.25, 0.3) is 0 Å². The first-order valence-corrected chi connectivity index (χ1v) is 21.4. The van der Waals surface area contributed by atoms with Crippen LogP contribution in [0.3, 0.4) is 0 Å². The normalized spacial score (nSPS) is 32.5. The van der Waals surface area contributed by atoms with Gasteiger partial charge in [-0.15, -0.1) is 45.3 Å². The van der Waals surface area contributed by atoms with Crippen LogP contribution in [0.5, 0.6) is 0 Å². The predicted octanol–water partition coefficient (Wildman–Crippen LogP) is -2.13. The number of esters is 2. The van der Waals surface area contributed by atoms with Gasteiger partial charge in [-0.3, -0.25) is 0 Å². The lowest BCUT2D eigenvalue weighted by Crippen LogP contribution is -3.00. The molecule has 6 aliphatic rings. The largest absolute Gasteiger partial charge is 1.00 e. The van der Waals surface area contributed by atoms with Crippen LogP contribution in [-0.2, 0) is 39.7 Å². The number of quaternary nitrogens is 2. The van der Waals surface area contributed by atoms with Crippen LogP contribution in [0.25, 0.3) is 0 Å². The van der Waals surface area contributed by atoms with E-state index in [-0.39, 0.29) is 51.6 Å². The summed E-state index contributed by atoms with van der Waals surface area (Å²) in [5.74, 6) is -1.12. The molecule has 0 radical (unpaired) electrons. The molecule has 0 saturated carbocycles. The number of epoxide rings is 2. The number of fused-ring (bicyclic) bond motifs is 10. The number of nitrogens with zero attached hydrogens (tertiary/aromatic N) is 2. The van der Waals surface area contributed by atoms with E-state index < -0.39 is 23.1 Å². The Kier molecular flexibility index (Phi) is 12.2. The van der Waals surface area contributed by atoms with E-state index in [2.05, 4.69) is 28.2 Å². The van der Waals surface area contributed by atoms with Crippen LogP contribution in [0.2, 0.25) is 0 Å². The van der Waals surface area contributed by atoms with Crippen molar-refractivity contribution in [1.82, 2.24) is 0 Å². The van der Waals surface area contributed by atoms with Crippen LogP contribution in [0.1, 0.15) is 45.2 Å². The van der Waals surface area contributed by atoms with Crippen molar-refractivity contribution in [3.05, 3.63) is 89.6 Å². The number of ether oxygens (including phenoxy) is 4. The third-order valence-electron chi connectivity index (χ3n) is 12.7. The molecule has 0 amide bonds. The summed E-state index contributed by atoms with van der Waals surface area (Å²) in [4.78, 5) is 28.7. The molecule has 0 unspecified atom stereocenters. The molecular formula is C38H46Br2N2O9S4. The molecule has 4 aromatic heterocycles. The third kappa shape index (κ3) is 6.96. The van der Waals surface area contributed by atoms with Gasteiger partial charge >= 0.3 is 11.9 Å². The van der Waals surface area contributed by atoms with E-state index in [0.29, 0.717) is 68.1 Å². The van der Waals surface area contributed by atoms with Gasteiger partial charge in [0.05, 0.1) is 47.7 Å². The second-order valence-electron chi connectivity index (χ2n) is 16.0. The number of carbonyl (C=O) groups excluding carboxylic acids is 2. The Morgan fingerprint density at radius 2 is 0.836 bits per heavy atom. The van der Waals surface area contributed by atoms with Crippen molar-refractivity contribution in [1.29, 1.82) is 0 Å². The van der Waals surface area contributed by atoms with Gasteiger partial charge in [0.1, 0.15) is 60.8 Å². The first-order chi connectivity index (χ1) is 24.8. The maximum absolute atomic E-state index is 13.1. The first-order valence-electron chi connectivity index (χ1n) is 17.8. The van der Waals surface area contributed by atoms with E-state index in [4.69, 9.17) is 18.9 Å². The Bertz CT molecular complexity index is 1680. The van der Waals surface area contributed by atoms with Gasteiger partial charge < -0.3 is 77.6 Å². The Morgan fingerprint density at radius 3 is 1.05 bits per heavy atom. The molecule has 17 heteroatoms. The second kappa shape index (κ2) is 15.5. The number of aliphatic hydroxyl groups is 2. The summed E-state index contributed by atoms with van der Waals surface area (Å²) in [5.41, 5.74) is -3.44. The summed E-state index contributed by atoms with van der Waals surface area (Å²) in [7, 11) is 8.99. The van der Waals surface area contributed by atoms with Crippen molar-refractivity contribution in [3.63, 3.8) is 0 Å². The SMILES string of the molecule is C[N+]1(C)[C@@H]2C[C@@H](OC(=O)C(O)(c3cccs3)c3cccs3)C[C@H]1[C@@H]1O[C@@H]12.C[N+]1(C)[C@@H]2C[C@@H](OC(=O)C(O)(c3cccs3)c3cccs3)C[C@H]1[C@@H]1O[C@@H]12.O.[Br-].[Br-]. The lowest BCUT2D eigenvalue weighted by molar-refractivity contribution is -0.938. The van der Waals surface area contributed by atoms with Crippen LogP contribution in [0, 0.1) is 0 Å². The summed E-state index contributed by atoms with van der Waals surface area (Å²) in [6.07, 6.45) is 4.10. The molecule has 55 heavy (non-hydrogen) atoms. The van der Waals surface area contributed by atoms with Gasteiger partial charge in [0.2, 0.25) is 11.2 Å². The molecule has 4 aromatic rings. The maximum Gasteiger partial charge on any atom is 0.349 e. The monoisotopic (exact) mass is 960 g/mol. The second-order valence-corrected chi connectivity index (χ2v) is 19.8. The molecule has 6 saturated heterocycles. The minimum Gasteiger partial charge on any atom is -1.00 e. The molecule has 0 spiro atoms. The highest BCUT2D eigenvalue weighted by molar-refractivity contribution is 7.12. The van der Waals surface area contributed by atoms with Gasteiger partial charge in [-0.05, 0) is 45.8 Å². The molecule has 6 aliphatic heterocycles. The zero-order valence-electron chi connectivity index (χ0n) is 30.7. The van der Waals surface area contributed by atoms with Crippen molar-refractivity contribution in [2.45, 2.75) is 97.7 Å². The number of likely N-dealkylation sites (N-methyl/N-ethyl adjacent to an activating group) is 2. The summed E-state index contributed by atoms with van der Waals surface area (Å²) in [6, 6.07) is 16.0. The van der Waals surface area contributed by atoms with E-state index in [1.807, 2.05) is 45.8 Å². The van der Waals surface area contributed by atoms with Crippen LogP contribution in [-0.4, -0.2) is 126 Å². The number of halogens is 2. The maximum atomic E-state index is 13.1. The first kappa shape index (κ1) is 43.0. The Balaban J connectivity index is 0.000000177. The zero-order valence-corrected chi connectivity index (χ0v) is 37.1. The molecule has 0 aliphatic carbocycles. The van der Waals surface area contributed by atoms with Crippen molar-refractivity contribution < 1.29 is 87.2 Å². The van der Waals surface area contributed by atoms with Crippen LogP contribution < -0.4 is 34.0 Å². The number of morpholine rings is 2.